The fourth-order valence-electron chi connectivity index (χ4n) is 2.12. The van der Waals surface area contributed by atoms with E-state index in [-0.39, 0.29) is 12.4 Å². The third-order valence-electron chi connectivity index (χ3n) is 2.99. The van der Waals surface area contributed by atoms with Gasteiger partial charge < -0.3 is 5.32 Å². The first kappa shape index (κ1) is 13.8. The van der Waals surface area contributed by atoms with Crippen LogP contribution in [0, 0.1) is 5.92 Å². The Morgan fingerprint density at radius 1 is 1.50 bits per heavy atom. The summed E-state index contributed by atoms with van der Waals surface area (Å²) in [6.45, 7) is 4.53. The highest BCUT2D eigenvalue weighted by Gasteiger charge is 2.18. The number of piperidine rings is 1. The lowest BCUT2D eigenvalue weighted by molar-refractivity contribution is 0.175. The van der Waals surface area contributed by atoms with Crippen LogP contribution in [-0.4, -0.2) is 41.2 Å². The zero-order chi connectivity index (χ0) is 10.5. The molecule has 0 atom stereocenters. The van der Waals surface area contributed by atoms with E-state index < -0.39 is 0 Å². The molecule has 0 aliphatic carbocycles. The summed E-state index contributed by atoms with van der Waals surface area (Å²) in [6.07, 6.45) is 2.61. The molecule has 1 aliphatic heterocycles. The molecule has 6 heteroatoms. The van der Waals surface area contributed by atoms with Gasteiger partial charge in [-0.25, -0.2) is 0 Å². The summed E-state index contributed by atoms with van der Waals surface area (Å²) >= 11 is 1.44. The molecule has 0 radical (unpaired) electrons. The summed E-state index contributed by atoms with van der Waals surface area (Å²) in [5.41, 5.74) is 1.12. The normalized spacial score (nSPS) is 18.3. The number of nitrogens with zero attached hydrogens (tertiary/aromatic N) is 3. The molecule has 0 saturated carbocycles. The maximum absolute atomic E-state index is 4.08. The Balaban J connectivity index is 0.00000128. The van der Waals surface area contributed by atoms with Crippen LogP contribution in [0.5, 0.6) is 0 Å². The van der Waals surface area contributed by atoms with Crippen molar-refractivity contribution in [3.05, 3.63) is 11.1 Å². The standard InChI is InChI=1S/C10H18N4S.ClH/c1-11-6-9-2-4-14(5-3-9)7-10-8-15-13-12-10;/h8-9,11H,2-7H2,1H3;1H. The summed E-state index contributed by atoms with van der Waals surface area (Å²) in [5.74, 6) is 0.861. The average molecular weight is 263 g/mol. The molecule has 1 aliphatic rings. The highest BCUT2D eigenvalue weighted by Crippen LogP contribution is 2.17. The van der Waals surface area contributed by atoms with Crippen LogP contribution < -0.4 is 5.32 Å². The SMILES string of the molecule is CNCC1CCN(Cc2csnn2)CC1.Cl. The van der Waals surface area contributed by atoms with Crippen molar-refractivity contribution >= 4 is 23.9 Å². The summed E-state index contributed by atoms with van der Waals surface area (Å²) in [4.78, 5) is 2.48. The molecular formula is C10H19ClN4S. The van der Waals surface area contributed by atoms with Gasteiger partial charge in [-0.05, 0) is 57.0 Å². The summed E-state index contributed by atoms with van der Waals surface area (Å²) in [7, 11) is 2.04. The van der Waals surface area contributed by atoms with E-state index in [0.717, 1.165) is 24.7 Å². The lowest BCUT2D eigenvalue weighted by Gasteiger charge is -2.31. The van der Waals surface area contributed by atoms with Crippen LogP contribution in [0.3, 0.4) is 0 Å². The molecule has 0 amide bonds. The summed E-state index contributed by atoms with van der Waals surface area (Å²) in [6, 6.07) is 0. The van der Waals surface area contributed by atoms with Crippen LogP contribution in [0.2, 0.25) is 0 Å². The monoisotopic (exact) mass is 262 g/mol. The fraction of sp³-hybridized carbons (Fsp3) is 0.800. The van der Waals surface area contributed by atoms with Crippen molar-refractivity contribution in [2.24, 2.45) is 5.92 Å². The molecule has 1 fully saturated rings. The molecule has 1 aromatic rings. The van der Waals surface area contributed by atoms with Crippen LogP contribution in [0.25, 0.3) is 0 Å². The minimum absolute atomic E-state index is 0. The Kier molecular flexibility index (Phi) is 6.20. The third-order valence-corrected chi connectivity index (χ3v) is 3.54. The molecule has 92 valence electrons. The van der Waals surface area contributed by atoms with E-state index in [4.69, 9.17) is 0 Å². The van der Waals surface area contributed by atoms with E-state index in [1.54, 1.807) is 0 Å². The van der Waals surface area contributed by atoms with E-state index >= 15 is 0 Å². The van der Waals surface area contributed by atoms with E-state index in [1.807, 2.05) is 12.4 Å². The van der Waals surface area contributed by atoms with Crippen LogP contribution in [-0.2, 0) is 6.54 Å². The topological polar surface area (TPSA) is 41.0 Å². The Morgan fingerprint density at radius 3 is 2.81 bits per heavy atom. The van der Waals surface area contributed by atoms with E-state index in [9.17, 15) is 0 Å². The first-order valence-corrected chi connectivity index (χ1v) is 6.35. The predicted octanol–water partition coefficient (Wildman–Crippen LogP) is 1.39. The van der Waals surface area contributed by atoms with Gasteiger partial charge in [0.15, 0.2) is 0 Å². The summed E-state index contributed by atoms with van der Waals surface area (Å²) in [5, 5.41) is 9.38. The van der Waals surface area contributed by atoms with Gasteiger partial charge in [0.1, 0.15) is 0 Å². The van der Waals surface area contributed by atoms with Crippen molar-refractivity contribution in [3.8, 4) is 0 Å². The van der Waals surface area contributed by atoms with Gasteiger partial charge in [0.25, 0.3) is 0 Å². The molecule has 1 aromatic heterocycles. The molecule has 0 bridgehead atoms. The number of likely N-dealkylation sites (tertiary alicyclic amines) is 1. The Morgan fingerprint density at radius 2 is 2.25 bits per heavy atom. The molecule has 16 heavy (non-hydrogen) atoms. The van der Waals surface area contributed by atoms with Gasteiger partial charge >= 0.3 is 0 Å². The van der Waals surface area contributed by atoms with Crippen molar-refractivity contribution in [2.75, 3.05) is 26.7 Å². The fourth-order valence-corrected chi connectivity index (χ4v) is 2.56. The van der Waals surface area contributed by atoms with Gasteiger partial charge in [0, 0.05) is 11.9 Å². The molecule has 0 spiro atoms. The zero-order valence-electron chi connectivity index (χ0n) is 9.56. The average Bonchev–Trinajstić information content (AvgIpc) is 2.74. The van der Waals surface area contributed by atoms with E-state index in [2.05, 4.69) is 19.8 Å². The van der Waals surface area contributed by atoms with Gasteiger partial charge in [-0.3, -0.25) is 4.90 Å². The van der Waals surface area contributed by atoms with Gasteiger partial charge in [-0.2, -0.15) is 0 Å². The number of halogens is 1. The first-order chi connectivity index (χ1) is 7.38. The minimum Gasteiger partial charge on any atom is -0.319 e. The highest BCUT2D eigenvalue weighted by atomic mass is 35.5. The zero-order valence-corrected chi connectivity index (χ0v) is 11.2. The molecule has 1 saturated heterocycles. The van der Waals surface area contributed by atoms with Crippen LogP contribution >= 0.6 is 23.9 Å². The highest BCUT2D eigenvalue weighted by molar-refractivity contribution is 7.03. The Hall–Kier alpha value is -0.230. The van der Waals surface area contributed by atoms with Crippen molar-refractivity contribution in [1.82, 2.24) is 19.8 Å². The van der Waals surface area contributed by atoms with Crippen LogP contribution in [0.15, 0.2) is 5.38 Å². The maximum atomic E-state index is 4.08. The number of nitrogens with one attached hydrogen (secondary N) is 1. The number of hydrogen-bond donors (Lipinski definition) is 1. The lowest BCUT2D eigenvalue weighted by Crippen LogP contribution is -2.36. The van der Waals surface area contributed by atoms with Crippen LogP contribution in [0.4, 0.5) is 0 Å². The first-order valence-electron chi connectivity index (χ1n) is 5.51. The molecule has 1 N–H and O–H groups in total. The van der Waals surface area contributed by atoms with Crippen molar-refractivity contribution < 1.29 is 0 Å². The van der Waals surface area contributed by atoms with E-state index in [0.29, 0.717) is 0 Å². The molecule has 2 rings (SSSR count). The predicted molar refractivity (Wildman–Crippen MR) is 69.1 cm³/mol. The number of hydrogen-bond acceptors (Lipinski definition) is 5. The molecule has 4 nitrogen and oxygen atoms in total. The minimum atomic E-state index is 0. The lowest BCUT2D eigenvalue weighted by atomic mass is 9.97. The van der Waals surface area contributed by atoms with Gasteiger partial charge in [-0.15, -0.1) is 17.5 Å². The van der Waals surface area contributed by atoms with E-state index in [1.165, 1.54) is 37.5 Å². The number of rotatable bonds is 4. The largest absolute Gasteiger partial charge is 0.319 e. The second kappa shape index (κ2) is 7.17. The second-order valence-corrected chi connectivity index (χ2v) is 4.78. The van der Waals surface area contributed by atoms with Gasteiger partial charge in [-0.1, -0.05) is 4.49 Å². The smallest absolute Gasteiger partial charge is 0.0895 e. The third kappa shape index (κ3) is 3.97. The Bertz CT molecular complexity index is 272. The van der Waals surface area contributed by atoms with Crippen molar-refractivity contribution in [1.29, 1.82) is 0 Å². The quantitative estimate of drug-likeness (QED) is 0.891. The van der Waals surface area contributed by atoms with Gasteiger partial charge in [0.05, 0.1) is 5.69 Å². The maximum Gasteiger partial charge on any atom is 0.0895 e. The van der Waals surface area contributed by atoms with Crippen molar-refractivity contribution in [3.63, 3.8) is 0 Å². The number of aromatic nitrogens is 2. The molecule has 0 aromatic carbocycles. The van der Waals surface area contributed by atoms with Crippen molar-refractivity contribution in [2.45, 2.75) is 19.4 Å². The Labute approximate surface area is 107 Å². The summed E-state index contributed by atoms with van der Waals surface area (Å²) < 4.78 is 3.89. The molecule has 2 heterocycles. The second-order valence-electron chi connectivity index (χ2n) is 4.17. The van der Waals surface area contributed by atoms with Gasteiger partial charge in [0.2, 0.25) is 0 Å². The molecule has 0 unspecified atom stereocenters. The van der Waals surface area contributed by atoms with Crippen LogP contribution in [0.1, 0.15) is 18.5 Å². The molecular weight excluding hydrogens is 244 g/mol.